The molecule has 0 aliphatic heterocycles. The first-order valence-electron chi connectivity index (χ1n) is 8.38. The Balaban J connectivity index is 1.98. The van der Waals surface area contributed by atoms with Crippen LogP contribution in [-0.4, -0.2) is 38.8 Å². The van der Waals surface area contributed by atoms with Crippen LogP contribution in [0.15, 0.2) is 35.1 Å². The molecule has 3 aromatic rings. The molecule has 142 valence electrons. The summed E-state index contributed by atoms with van der Waals surface area (Å²) in [5.74, 6) is -0.403. The van der Waals surface area contributed by atoms with Crippen LogP contribution >= 0.6 is 15.9 Å². The number of phenols is 1. The molecule has 7 nitrogen and oxygen atoms in total. The van der Waals surface area contributed by atoms with E-state index in [1.807, 2.05) is 11.8 Å². The molecule has 1 aromatic carbocycles. The van der Waals surface area contributed by atoms with Crippen molar-refractivity contribution in [2.45, 2.75) is 20.4 Å². The summed E-state index contributed by atoms with van der Waals surface area (Å²) in [5.41, 5.74) is 1.05. The van der Waals surface area contributed by atoms with Crippen LogP contribution in [0.25, 0.3) is 5.65 Å². The van der Waals surface area contributed by atoms with Crippen molar-refractivity contribution in [2.75, 3.05) is 18.1 Å². The zero-order valence-corrected chi connectivity index (χ0v) is 16.4. The minimum atomic E-state index is -0.495. The lowest BCUT2D eigenvalue weighted by atomic mass is 10.2. The quantitative estimate of drug-likeness (QED) is 0.595. The molecule has 0 radical (unpaired) electrons. The largest absolute Gasteiger partial charge is 0.508 e. The fourth-order valence-electron chi connectivity index (χ4n) is 2.67. The van der Waals surface area contributed by atoms with Crippen molar-refractivity contribution in [3.05, 3.63) is 52.0 Å². The molecule has 1 N–H and O–H groups in total. The van der Waals surface area contributed by atoms with Gasteiger partial charge in [0.25, 0.3) is 0 Å². The van der Waals surface area contributed by atoms with Gasteiger partial charge in [0, 0.05) is 24.8 Å². The number of nitrogens with zero attached hydrogens (tertiary/aromatic N) is 4. The number of carbonyl (C=O) groups is 1. The minimum Gasteiger partial charge on any atom is -0.508 e. The summed E-state index contributed by atoms with van der Waals surface area (Å²) in [6.45, 7) is 4.67. The van der Waals surface area contributed by atoms with E-state index in [9.17, 15) is 14.3 Å². The van der Waals surface area contributed by atoms with Gasteiger partial charge in [0.15, 0.2) is 5.65 Å². The van der Waals surface area contributed by atoms with Crippen molar-refractivity contribution in [1.82, 2.24) is 14.6 Å². The van der Waals surface area contributed by atoms with E-state index < -0.39 is 11.8 Å². The number of benzene rings is 1. The highest BCUT2D eigenvalue weighted by Crippen LogP contribution is 2.31. The predicted octanol–water partition coefficient (Wildman–Crippen LogP) is 3.54. The standard InChI is InChI=1S/C18H18BrFN4O3/c1-3-23(10-12-14(25)6-5-13(20)16(12)19)15-7-8-24-17(22-15)11(9-21-24)18(26)27-4-2/h5-9,25H,3-4,10H2,1-2H3. The van der Waals surface area contributed by atoms with E-state index in [0.29, 0.717) is 23.6 Å². The molecule has 0 aliphatic rings. The van der Waals surface area contributed by atoms with Crippen LogP contribution < -0.4 is 4.90 Å². The van der Waals surface area contributed by atoms with Gasteiger partial charge in [0.2, 0.25) is 0 Å². The SMILES string of the molecule is CCOC(=O)c1cnn2ccc(N(CC)Cc3c(O)ccc(F)c3Br)nc12. The summed E-state index contributed by atoms with van der Waals surface area (Å²) in [4.78, 5) is 18.4. The number of carbonyl (C=O) groups excluding carboxylic acids is 1. The van der Waals surface area contributed by atoms with E-state index in [0.717, 1.165) is 0 Å². The number of fused-ring (bicyclic) bond motifs is 1. The predicted molar refractivity (Wildman–Crippen MR) is 101 cm³/mol. The van der Waals surface area contributed by atoms with Gasteiger partial charge in [-0.2, -0.15) is 5.10 Å². The van der Waals surface area contributed by atoms with E-state index in [4.69, 9.17) is 4.74 Å². The molecule has 3 rings (SSSR count). The summed E-state index contributed by atoms with van der Waals surface area (Å²) >= 11 is 3.19. The van der Waals surface area contributed by atoms with Gasteiger partial charge in [-0.1, -0.05) is 0 Å². The molecule has 0 atom stereocenters. The van der Waals surface area contributed by atoms with Crippen LogP contribution in [0.3, 0.4) is 0 Å². The number of hydrogen-bond donors (Lipinski definition) is 1. The summed E-state index contributed by atoms with van der Waals surface area (Å²) in [5, 5.41) is 14.2. The molecule has 2 aromatic heterocycles. The first-order valence-corrected chi connectivity index (χ1v) is 9.17. The number of phenolic OH excluding ortho intramolecular Hbond substituents is 1. The second-order valence-corrected chi connectivity index (χ2v) is 6.50. The molecule has 0 amide bonds. The lowest BCUT2D eigenvalue weighted by Crippen LogP contribution is -2.24. The van der Waals surface area contributed by atoms with Gasteiger partial charge in [-0.15, -0.1) is 0 Å². The fourth-order valence-corrected chi connectivity index (χ4v) is 3.13. The molecular formula is C18H18BrFN4O3. The first-order chi connectivity index (χ1) is 13.0. The number of ether oxygens (including phenoxy) is 1. The van der Waals surface area contributed by atoms with Gasteiger partial charge in [-0.05, 0) is 48.0 Å². The first kappa shape index (κ1) is 19.1. The zero-order chi connectivity index (χ0) is 19.6. The van der Waals surface area contributed by atoms with Crippen LogP contribution in [0.5, 0.6) is 5.75 Å². The number of anilines is 1. The highest BCUT2D eigenvalue weighted by molar-refractivity contribution is 9.10. The second kappa shape index (κ2) is 7.91. The van der Waals surface area contributed by atoms with Gasteiger partial charge < -0.3 is 14.7 Å². The van der Waals surface area contributed by atoms with Crippen molar-refractivity contribution in [3.8, 4) is 5.75 Å². The van der Waals surface area contributed by atoms with Crippen LogP contribution in [0, 0.1) is 5.82 Å². The number of rotatable bonds is 6. The summed E-state index contributed by atoms with van der Waals surface area (Å²) in [6, 6.07) is 4.25. The van der Waals surface area contributed by atoms with Gasteiger partial charge in [0.1, 0.15) is 22.9 Å². The summed E-state index contributed by atoms with van der Waals surface area (Å²) < 4.78 is 20.6. The molecule has 27 heavy (non-hydrogen) atoms. The Labute approximate surface area is 163 Å². The van der Waals surface area contributed by atoms with Gasteiger partial charge in [-0.25, -0.2) is 18.7 Å². The monoisotopic (exact) mass is 436 g/mol. The third-order valence-corrected chi connectivity index (χ3v) is 4.93. The number of hydrogen-bond acceptors (Lipinski definition) is 6. The average Bonchev–Trinajstić information content (AvgIpc) is 3.08. The second-order valence-electron chi connectivity index (χ2n) is 5.71. The van der Waals surface area contributed by atoms with Gasteiger partial charge >= 0.3 is 5.97 Å². The third-order valence-electron chi connectivity index (χ3n) is 4.08. The Bertz CT molecular complexity index is 992. The smallest absolute Gasteiger partial charge is 0.343 e. The lowest BCUT2D eigenvalue weighted by molar-refractivity contribution is 0.0528. The minimum absolute atomic E-state index is 0.0145. The molecule has 0 saturated carbocycles. The molecule has 0 fully saturated rings. The normalized spacial score (nSPS) is 11.0. The van der Waals surface area contributed by atoms with Crippen LogP contribution in [-0.2, 0) is 11.3 Å². The van der Waals surface area contributed by atoms with Crippen LogP contribution in [0.2, 0.25) is 0 Å². The molecular weight excluding hydrogens is 419 g/mol. The van der Waals surface area contributed by atoms with Crippen LogP contribution in [0.4, 0.5) is 10.2 Å². The average molecular weight is 437 g/mol. The van der Waals surface area contributed by atoms with E-state index in [2.05, 4.69) is 26.0 Å². The Kier molecular flexibility index (Phi) is 5.59. The molecule has 0 unspecified atom stereocenters. The molecule has 0 bridgehead atoms. The van der Waals surface area contributed by atoms with Crippen molar-refractivity contribution in [2.24, 2.45) is 0 Å². The topological polar surface area (TPSA) is 80.0 Å². The Hall–Kier alpha value is -2.68. The summed E-state index contributed by atoms with van der Waals surface area (Å²) in [6.07, 6.45) is 3.10. The lowest BCUT2D eigenvalue weighted by Gasteiger charge is -2.23. The number of esters is 1. The molecule has 0 aliphatic carbocycles. The fraction of sp³-hybridized carbons (Fsp3) is 0.278. The molecule has 9 heteroatoms. The molecule has 2 heterocycles. The Morgan fingerprint density at radius 2 is 2.15 bits per heavy atom. The highest BCUT2D eigenvalue weighted by atomic mass is 79.9. The van der Waals surface area contributed by atoms with Crippen molar-refractivity contribution >= 4 is 33.4 Å². The highest BCUT2D eigenvalue weighted by Gasteiger charge is 2.19. The van der Waals surface area contributed by atoms with E-state index in [1.165, 1.54) is 22.8 Å². The van der Waals surface area contributed by atoms with Gasteiger partial charge in [0.05, 0.1) is 17.3 Å². The van der Waals surface area contributed by atoms with Gasteiger partial charge in [-0.3, -0.25) is 0 Å². The Morgan fingerprint density at radius 3 is 2.85 bits per heavy atom. The number of halogens is 2. The zero-order valence-electron chi connectivity index (χ0n) is 14.8. The molecule has 0 saturated heterocycles. The Morgan fingerprint density at radius 1 is 1.37 bits per heavy atom. The van der Waals surface area contributed by atoms with E-state index in [-0.39, 0.29) is 28.9 Å². The number of aromatic hydroxyl groups is 1. The summed E-state index contributed by atoms with van der Waals surface area (Å²) in [7, 11) is 0. The van der Waals surface area contributed by atoms with E-state index in [1.54, 1.807) is 19.2 Å². The van der Waals surface area contributed by atoms with Crippen molar-refractivity contribution in [3.63, 3.8) is 0 Å². The van der Waals surface area contributed by atoms with E-state index >= 15 is 0 Å². The maximum Gasteiger partial charge on any atom is 0.343 e. The van der Waals surface area contributed by atoms with Crippen molar-refractivity contribution < 1.29 is 19.0 Å². The third kappa shape index (κ3) is 3.73. The van der Waals surface area contributed by atoms with Crippen molar-refractivity contribution in [1.29, 1.82) is 0 Å². The maximum atomic E-state index is 13.8. The van der Waals surface area contributed by atoms with Crippen LogP contribution in [0.1, 0.15) is 29.8 Å². The number of aromatic nitrogens is 3. The maximum absolute atomic E-state index is 13.8. The molecule has 0 spiro atoms.